The average Bonchev–Trinajstić information content (AvgIpc) is 2.79. The van der Waals surface area contributed by atoms with Crippen molar-refractivity contribution in [3.05, 3.63) is 76.6 Å². The number of esters is 1. The second-order valence-corrected chi connectivity index (χ2v) is 10.3. The van der Waals surface area contributed by atoms with Crippen molar-refractivity contribution in [2.45, 2.75) is 30.1 Å². The molecule has 0 N–H and O–H groups in total. The highest BCUT2D eigenvalue weighted by atomic mass is 35.5. The zero-order valence-electron chi connectivity index (χ0n) is 17.6. The fourth-order valence-electron chi connectivity index (χ4n) is 4.26. The van der Waals surface area contributed by atoms with Crippen LogP contribution in [0.1, 0.15) is 29.9 Å². The molecule has 0 unspecified atom stereocenters. The van der Waals surface area contributed by atoms with Crippen molar-refractivity contribution < 1.29 is 22.3 Å². The molecule has 3 aromatic carbocycles. The highest BCUT2D eigenvalue weighted by Gasteiger charge is 2.30. The maximum atomic E-state index is 14.0. The Bertz CT molecular complexity index is 1250. The van der Waals surface area contributed by atoms with Gasteiger partial charge < -0.3 is 4.74 Å². The van der Waals surface area contributed by atoms with Crippen LogP contribution >= 0.6 is 11.6 Å². The molecule has 32 heavy (non-hydrogen) atoms. The topological polar surface area (TPSA) is 63.7 Å². The van der Waals surface area contributed by atoms with Crippen molar-refractivity contribution in [1.82, 2.24) is 4.31 Å². The minimum Gasteiger partial charge on any atom is -0.469 e. The number of rotatable bonds is 5. The number of ether oxygens (including phenoxy) is 1. The summed E-state index contributed by atoms with van der Waals surface area (Å²) in [5.74, 6) is -0.628. The van der Waals surface area contributed by atoms with Gasteiger partial charge in [0.1, 0.15) is 5.82 Å². The third-order valence-corrected chi connectivity index (χ3v) is 8.09. The number of benzene rings is 3. The van der Waals surface area contributed by atoms with E-state index in [0.717, 1.165) is 21.9 Å². The molecule has 0 radical (unpaired) electrons. The van der Waals surface area contributed by atoms with E-state index >= 15 is 0 Å². The van der Waals surface area contributed by atoms with E-state index in [0.29, 0.717) is 31.0 Å². The summed E-state index contributed by atoms with van der Waals surface area (Å²) < 4.78 is 46.3. The Kier molecular flexibility index (Phi) is 6.51. The summed E-state index contributed by atoms with van der Waals surface area (Å²) in [6.07, 6.45) is 1.32. The number of piperidine rings is 1. The first kappa shape index (κ1) is 22.7. The van der Waals surface area contributed by atoms with Gasteiger partial charge in [0.05, 0.1) is 18.4 Å². The lowest BCUT2D eigenvalue weighted by Crippen LogP contribution is -2.37. The lowest BCUT2D eigenvalue weighted by Gasteiger charge is -2.32. The first-order chi connectivity index (χ1) is 15.3. The van der Waals surface area contributed by atoms with Crippen LogP contribution < -0.4 is 0 Å². The zero-order valence-corrected chi connectivity index (χ0v) is 19.1. The Hall–Kier alpha value is -2.48. The Morgan fingerprint density at radius 2 is 1.78 bits per heavy atom. The standard InChI is InChI=1S/C24H23ClFNO4S/c1-31-24(28)14-16-12-18-2-5-20(26)15-23(18)22(13-16)17-8-10-27(11-9-17)32(29,30)21-6-3-19(25)4-7-21/h2-7,12-13,15,17H,8-11,14H2,1H3. The van der Waals surface area contributed by atoms with Crippen molar-refractivity contribution in [2.24, 2.45) is 0 Å². The second kappa shape index (κ2) is 9.17. The minimum absolute atomic E-state index is 0.0496. The quantitative estimate of drug-likeness (QED) is 0.491. The van der Waals surface area contributed by atoms with Crippen LogP contribution in [0, 0.1) is 5.82 Å². The zero-order chi connectivity index (χ0) is 22.9. The summed E-state index contributed by atoms with van der Waals surface area (Å²) >= 11 is 5.88. The van der Waals surface area contributed by atoms with Crippen LogP contribution in [0.2, 0.25) is 5.02 Å². The van der Waals surface area contributed by atoms with Crippen LogP contribution in [0.25, 0.3) is 10.8 Å². The summed E-state index contributed by atoms with van der Waals surface area (Å²) in [6, 6.07) is 14.5. The molecular weight excluding hydrogens is 453 g/mol. The highest BCUT2D eigenvalue weighted by Crippen LogP contribution is 2.36. The molecule has 3 aromatic rings. The predicted molar refractivity (Wildman–Crippen MR) is 122 cm³/mol. The maximum absolute atomic E-state index is 14.0. The lowest BCUT2D eigenvalue weighted by molar-refractivity contribution is -0.139. The maximum Gasteiger partial charge on any atom is 0.309 e. The predicted octanol–water partition coefficient (Wildman–Crippen LogP) is 4.92. The monoisotopic (exact) mass is 475 g/mol. The molecule has 0 atom stereocenters. The number of halogens is 2. The Morgan fingerprint density at radius 3 is 2.44 bits per heavy atom. The van der Waals surface area contributed by atoms with Gasteiger partial charge >= 0.3 is 5.97 Å². The van der Waals surface area contributed by atoms with Crippen molar-refractivity contribution in [3.8, 4) is 0 Å². The molecule has 168 valence electrons. The van der Waals surface area contributed by atoms with Gasteiger partial charge in [-0.1, -0.05) is 29.8 Å². The molecule has 1 fully saturated rings. The van der Waals surface area contributed by atoms with Gasteiger partial charge in [0.2, 0.25) is 10.0 Å². The number of carbonyl (C=O) groups is 1. The molecule has 0 saturated carbocycles. The van der Waals surface area contributed by atoms with E-state index in [4.69, 9.17) is 16.3 Å². The second-order valence-electron chi connectivity index (χ2n) is 7.94. The third-order valence-electron chi connectivity index (χ3n) is 5.93. The molecule has 8 heteroatoms. The fourth-order valence-corrected chi connectivity index (χ4v) is 5.86. The van der Waals surface area contributed by atoms with Crippen molar-refractivity contribution in [1.29, 1.82) is 0 Å². The van der Waals surface area contributed by atoms with Gasteiger partial charge in [-0.3, -0.25) is 4.79 Å². The molecular formula is C24H23ClFNO4S. The van der Waals surface area contributed by atoms with Gasteiger partial charge in [0.15, 0.2) is 0 Å². The van der Waals surface area contributed by atoms with E-state index in [1.165, 1.54) is 35.7 Å². The molecule has 0 amide bonds. The fraction of sp³-hybridized carbons (Fsp3) is 0.292. The molecule has 1 saturated heterocycles. The molecule has 4 rings (SSSR count). The summed E-state index contributed by atoms with van der Waals surface area (Å²) in [4.78, 5) is 12.0. The number of fused-ring (bicyclic) bond motifs is 1. The van der Waals surface area contributed by atoms with Gasteiger partial charge in [-0.15, -0.1) is 0 Å². The van der Waals surface area contributed by atoms with Crippen LogP contribution in [-0.4, -0.2) is 38.9 Å². The molecule has 0 bridgehead atoms. The number of nitrogens with zero attached hydrogens (tertiary/aromatic N) is 1. The number of sulfonamides is 1. The van der Waals surface area contributed by atoms with Gasteiger partial charge in [-0.25, -0.2) is 12.8 Å². The van der Waals surface area contributed by atoms with E-state index in [1.54, 1.807) is 18.2 Å². The Morgan fingerprint density at radius 1 is 1.09 bits per heavy atom. The number of carbonyl (C=O) groups excluding carboxylic acids is 1. The normalized spacial score (nSPS) is 15.7. The molecule has 0 aromatic heterocycles. The van der Waals surface area contributed by atoms with Crippen molar-refractivity contribution in [2.75, 3.05) is 20.2 Å². The van der Waals surface area contributed by atoms with E-state index in [9.17, 15) is 17.6 Å². The van der Waals surface area contributed by atoms with E-state index in [-0.39, 0.29) is 29.0 Å². The number of hydrogen-bond donors (Lipinski definition) is 0. The largest absolute Gasteiger partial charge is 0.469 e. The molecule has 5 nitrogen and oxygen atoms in total. The van der Waals surface area contributed by atoms with Gasteiger partial charge in [-0.05, 0) is 77.1 Å². The molecule has 1 aliphatic heterocycles. The van der Waals surface area contributed by atoms with Crippen LogP contribution in [0.4, 0.5) is 4.39 Å². The van der Waals surface area contributed by atoms with E-state index in [2.05, 4.69) is 0 Å². The van der Waals surface area contributed by atoms with Gasteiger partial charge in [-0.2, -0.15) is 4.31 Å². The van der Waals surface area contributed by atoms with Crippen LogP contribution in [-0.2, 0) is 26.0 Å². The SMILES string of the molecule is COC(=O)Cc1cc(C2CCN(S(=O)(=O)c3ccc(Cl)cc3)CC2)c2cc(F)ccc2c1. The average molecular weight is 476 g/mol. The molecule has 0 aliphatic carbocycles. The first-order valence-electron chi connectivity index (χ1n) is 10.3. The van der Waals surface area contributed by atoms with Crippen LogP contribution in [0.3, 0.4) is 0 Å². The van der Waals surface area contributed by atoms with Crippen molar-refractivity contribution >= 4 is 38.4 Å². The van der Waals surface area contributed by atoms with Crippen molar-refractivity contribution in [3.63, 3.8) is 0 Å². The van der Waals surface area contributed by atoms with Crippen LogP contribution in [0.15, 0.2) is 59.5 Å². The highest BCUT2D eigenvalue weighted by molar-refractivity contribution is 7.89. The van der Waals surface area contributed by atoms with Crippen LogP contribution in [0.5, 0.6) is 0 Å². The number of methoxy groups -OCH3 is 1. The summed E-state index contributed by atoms with van der Waals surface area (Å²) in [7, 11) is -2.26. The minimum atomic E-state index is -3.61. The Labute approximate surface area is 191 Å². The molecule has 1 aliphatic rings. The Balaban J connectivity index is 1.61. The molecule has 0 spiro atoms. The van der Waals surface area contributed by atoms with Gasteiger partial charge in [0, 0.05) is 18.1 Å². The molecule has 1 heterocycles. The summed E-state index contributed by atoms with van der Waals surface area (Å²) in [5.41, 5.74) is 1.73. The third kappa shape index (κ3) is 4.65. The number of hydrogen-bond acceptors (Lipinski definition) is 4. The first-order valence-corrected chi connectivity index (χ1v) is 12.1. The lowest BCUT2D eigenvalue weighted by atomic mass is 9.85. The summed E-state index contributed by atoms with van der Waals surface area (Å²) in [5, 5.41) is 2.12. The van der Waals surface area contributed by atoms with E-state index in [1.807, 2.05) is 12.1 Å². The van der Waals surface area contributed by atoms with Gasteiger partial charge in [0.25, 0.3) is 0 Å². The smallest absolute Gasteiger partial charge is 0.309 e. The van der Waals surface area contributed by atoms with E-state index < -0.39 is 10.0 Å². The summed E-state index contributed by atoms with van der Waals surface area (Å²) in [6.45, 7) is 0.710.